The van der Waals surface area contributed by atoms with Crippen molar-refractivity contribution in [2.75, 3.05) is 58.3 Å². The number of hydrogen-bond donors (Lipinski definition) is 1. The number of carboxylic acid groups (broad SMARTS) is 1. The second-order valence-electron chi connectivity index (χ2n) is 5.91. The Morgan fingerprint density at radius 1 is 1.24 bits per heavy atom. The molecule has 0 aliphatic carbocycles. The Hall–Kier alpha value is -1.59. The van der Waals surface area contributed by atoms with Gasteiger partial charge >= 0.3 is 5.97 Å². The van der Waals surface area contributed by atoms with E-state index in [0.717, 1.165) is 50.5 Å². The van der Waals surface area contributed by atoms with Crippen molar-refractivity contribution < 1.29 is 9.90 Å². The smallest absolute Gasteiger partial charge is 0.337 e. The van der Waals surface area contributed by atoms with E-state index in [0.29, 0.717) is 5.56 Å². The summed E-state index contributed by atoms with van der Waals surface area (Å²) in [6.07, 6.45) is 0. The van der Waals surface area contributed by atoms with Crippen LogP contribution in [0.5, 0.6) is 0 Å². The van der Waals surface area contributed by atoms with E-state index in [1.165, 1.54) is 0 Å². The molecule has 1 aromatic carbocycles. The third kappa shape index (κ3) is 3.95. The van der Waals surface area contributed by atoms with Crippen molar-refractivity contribution in [3.05, 3.63) is 29.3 Å². The zero-order valence-corrected chi connectivity index (χ0v) is 13.2. The van der Waals surface area contributed by atoms with Crippen molar-refractivity contribution in [2.24, 2.45) is 0 Å². The number of benzene rings is 1. The van der Waals surface area contributed by atoms with Crippen molar-refractivity contribution >= 4 is 11.7 Å². The van der Waals surface area contributed by atoms with Crippen molar-refractivity contribution in [3.63, 3.8) is 0 Å². The molecule has 21 heavy (non-hydrogen) atoms. The van der Waals surface area contributed by atoms with Crippen LogP contribution in [0.1, 0.15) is 15.9 Å². The van der Waals surface area contributed by atoms with E-state index < -0.39 is 5.97 Å². The normalized spacial score (nSPS) is 16.5. The molecule has 1 fully saturated rings. The highest BCUT2D eigenvalue weighted by Crippen LogP contribution is 2.26. The minimum atomic E-state index is -0.844. The Bertz CT molecular complexity index is 494. The molecule has 0 aromatic heterocycles. The number of likely N-dealkylation sites (N-methyl/N-ethyl adjacent to an activating group) is 1. The monoisotopic (exact) mass is 291 g/mol. The van der Waals surface area contributed by atoms with Crippen LogP contribution in [0, 0.1) is 6.92 Å². The summed E-state index contributed by atoms with van der Waals surface area (Å²) >= 11 is 0. The molecule has 0 spiro atoms. The van der Waals surface area contributed by atoms with E-state index in [9.17, 15) is 9.90 Å². The first-order chi connectivity index (χ1) is 9.99. The van der Waals surface area contributed by atoms with Crippen LogP contribution in [0.25, 0.3) is 0 Å². The molecule has 0 saturated carbocycles. The molecule has 5 heteroatoms. The largest absolute Gasteiger partial charge is 0.478 e. The third-order valence-corrected chi connectivity index (χ3v) is 4.02. The number of aryl methyl sites for hydroxylation is 1. The Balaban J connectivity index is 2.04. The summed E-state index contributed by atoms with van der Waals surface area (Å²) in [5.41, 5.74) is 2.34. The lowest BCUT2D eigenvalue weighted by atomic mass is 10.1. The molecule has 1 aromatic rings. The zero-order chi connectivity index (χ0) is 15.4. The number of anilines is 1. The Kier molecular flexibility index (Phi) is 5.20. The lowest BCUT2D eigenvalue weighted by Crippen LogP contribution is -2.48. The van der Waals surface area contributed by atoms with Gasteiger partial charge in [-0.05, 0) is 32.6 Å². The maximum Gasteiger partial charge on any atom is 0.337 e. The molecule has 1 aliphatic heterocycles. The SMILES string of the molecule is Cc1cccc(C(=O)O)c1N1CCN(CCN(C)C)CC1. The van der Waals surface area contributed by atoms with E-state index in [-0.39, 0.29) is 0 Å². The Morgan fingerprint density at radius 2 is 1.90 bits per heavy atom. The zero-order valence-electron chi connectivity index (χ0n) is 13.2. The molecular formula is C16H25N3O2. The Labute approximate surface area is 126 Å². The molecule has 1 aliphatic rings. The van der Waals surface area contributed by atoms with Gasteiger partial charge < -0.3 is 14.9 Å². The fraction of sp³-hybridized carbons (Fsp3) is 0.562. The molecule has 116 valence electrons. The van der Waals surface area contributed by atoms with E-state index in [2.05, 4.69) is 28.8 Å². The number of para-hydroxylation sites is 1. The van der Waals surface area contributed by atoms with Gasteiger partial charge in [0.1, 0.15) is 0 Å². The molecule has 1 saturated heterocycles. The van der Waals surface area contributed by atoms with Crippen molar-refractivity contribution in [1.82, 2.24) is 9.80 Å². The Morgan fingerprint density at radius 3 is 2.48 bits per heavy atom. The maximum absolute atomic E-state index is 11.4. The molecule has 1 N–H and O–H groups in total. The number of carbonyl (C=O) groups is 1. The quantitative estimate of drug-likeness (QED) is 0.888. The van der Waals surface area contributed by atoms with Crippen LogP contribution >= 0.6 is 0 Å². The predicted molar refractivity (Wildman–Crippen MR) is 85.3 cm³/mol. The fourth-order valence-electron chi connectivity index (χ4n) is 2.79. The van der Waals surface area contributed by atoms with Crippen molar-refractivity contribution in [2.45, 2.75) is 6.92 Å². The number of aromatic carboxylic acids is 1. The van der Waals surface area contributed by atoms with E-state index in [1.54, 1.807) is 6.07 Å². The van der Waals surface area contributed by atoms with Gasteiger partial charge in [0.05, 0.1) is 11.3 Å². The minimum absolute atomic E-state index is 0.414. The molecule has 1 heterocycles. The summed E-state index contributed by atoms with van der Waals surface area (Å²) in [6, 6.07) is 5.50. The van der Waals surface area contributed by atoms with Gasteiger partial charge in [0.25, 0.3) is 0 Å². The standard InChI is InChI=1S/C16H25N3O2/c1-13-5-4-6-14(16(20)21)15(13)19-11-9-18(10-12-19)8-7-17(2)3/h4-6H,7-12H2,1-3H3,(H,20,21). The number of carboxylic acids is 1. The highest BCUT2D eigenvalue weighted by Gasteiger charge is 2.22. The van der Waals surface area contributed by atoms with Crippen LogP contribution in [-0.2, 0) is 0 Å². The van der Waals surface area contributed by atoms with Gasteiger partial charge in [0.2, 0.25) is 0 Å². The first-order valence-electron chi connectivity index (χ1n) is 7.44. The van der Waals surface area contributed by atoms with Gasteiger partial charge in [0.15, 0.2) is 0 Å². The summed E-state index contributed by atoms with van der Waals surface area (Å²) < 4.78 is 0. The number of nitrogens with zero attached hydrogens (tertiary/aromatic N) is 3. The summed E-state index contributed by atoms with van der Waals surface area (Å²) in [7, 11) is 4.17. The molecule has 0 amide bonds. The maximum atomic E-state index is 11.4. The van der Waals surface area contributed by atoms with Crippen LogP contribution in [0.15, 0.2) is 18.2 Å². The molecular weight excluding hydrogens is 266 g/mol. The van der Waals surface area contributed by atoms with Gasteiger partial charge in [0, 0.05) is 39.3 Å². The van der Waals surface area contributed by atoms with Crippen LogP contribution < -0.4 is 4.90 Å². The lowest BCUT2D eigenvalue weighted by molar-refractivity contribution is 0.0697. The van der Waals surface area contributed by atoms with Gasteiger partial charge in [-0.2, -0.15) is 0 Å². The third-order valence-electron chi connectivity index (χ3n) is 4.02. The topological polar surface area (TPSA) is 47.0 Å². The second kappa shape index (κ2) is 6.91. The average molecular weight is 291 g/mol. The average Bonchev–Trinajstić information content (AvgIpc) is 2.45. The summed E-state index contributed by atoms with van der Waals surface area (Å²) in [5, 5.41) is 9.38. The van der Waals surface area contributed by atoms with Gasteiger partial charge in [-0.3, -0.25) is 4.90 Å². The van der Waals surface area contributed by atoms with E-state index in [4.69, 9.17) is 0 Å². The summed E-state index contributed by atoms with van der Waals surface area (Å²) in [5.74, 6) is -0.844. The van der Waals surface area contributed by atoms with E-state index >= 15 is 0 Å². The highest BCUT2D eigenvalue weighted by molar-refractivity contribution is 5.95. The molecule has 5 nitrogen and oxygen atoms in total. The first kappa shape index (κ1) is 15.8. The van der Waals surface area contributed by atoms with Crippen LogP contribution in [0.3, 0.4) is 0 Å². The number of rotatable bonds is 5. The van der Waals surface area contributed by atoms with Gasteiger partial charge in [-0.1, -0.05) is 12.1 Å². The first-order valence-corrected chi connectivity index (χ1v) is 7.44. The van der Waals surface area contributed by atoms with Crippen LogP contribution in [0.2, 0.25) is 0 Å². The minimum Gasteiger partial charge on any atom is -0.478 e. The highest BCUT2D eigenvalue weighted by atomic mass is 16.4. The van der Waals surface area contributed by atoms with Crippen LogP contribution in [0.4, 0.5) is 5.69 Å². The lowest BCUT2D eigenvalue weighted by Gasteiger charge is -2.37. The molecule has 0 bridgehead atoms. The summed E-state index contributed by atoms with van der Waals surface area (Å²) in [6.45, 7) is 7.87. The van der Waals surface area contributed by atoms with Gasteiger partial charge in [-0.15, -0.1) is 0 Å². The number of hydrogen-bond acceptors (Lipinski definition) is 4. The second-order valence-corrected chi connectivity index (χ2v) is 5.91. The van der Waals surface area contributed by atoms with Crippen molar-refractivity contribution in [1.29, 1.82) is 0 Å². The molecule has 0 unspecified atom stereocenters. The molecule has 0 radical (unpaired) electrons. The van der Waals surface area contributed by atoms with Gasteiger partial charge in [-0.25, -0.2) is 4.79 Å². The predicted octanol–water partition coefficient (Wildman–Crippen LogP) is 1.38. The van der Waals surface area contributed by atoms with Crippen molar-refractivity contribution in [3.8, 4) is 0 Å². The molecule has 2 rings (SSSR count). The molecule has 0 atom stereocenters. The van der Waals surface area contributed by atoms with E-state index in [1.807, 2.05) is 19.1 Å². The number of piperazine rings is 1. The summed E-state index contributed by atoms with van der Waals surface area (Å²) in [4.78, 5) is 18.3. The fourth-order valence-corrected chi connectivity index (χ4v) is 2.79. The van der Waals surface area contributed by atoms with Crippen LogP contribution in [-0.4, -0.2) is 74.2 Å².